The van der Waals surface area contributed by atoms with Gasteiger partial charge in [0.15, 0.2) is 0 Å². The van der Waals surface area contributed by atoms with Gasteiger partial charge in [0.1, 0.15) is 0 Å². The van der Waals surface area contributed by atoms with Crippen LogP contribution in [0.3, 0.4) is 0 Å². The maximum Gasteiger partial charge on any atom is 0.0700 e. The molecule has 0 fully saturated rings. The molecule has 0 amide bonds. The fraction of sp³-hybridized carbons (Fsp3) is 1.00. The van der Waals surface area contributed by atoms with Crippen molar-refractivity contribution in [2.24, 2.45) is 5.73 Å². The van der Waals surface area contributed by atoms with Crippen molar-refractivity contribution in [2.45, 2.75) is 38.6 Å². The Kier molecular flexibility index (Phi) is 9.74. The van der Waals surface area contributed by atoms with Crippen LogP contribution in [0.15, 0.2) is 0 Å². The summed E-state index contributed by atoms with van der Waals surface area (Å²) in [5.41, 5.74) is 6.07. The largest absolute Gasteiger partial charge is 0.382 e. The van der Waals surface area contributed by atoms with E-state index in [1.807, 2.05) is 0 Å². The summed E-state index contributed by atoms with van der Waals surface area (Å²) < 4.78 is 10.4. The third kappa shape index (κ3) is 5.82. The van der Waals surface area contributed by atoms with Crippen LogP contribution in [0, 0.1) is 0 Å². The predicted molar refractivity (Wildman–Crippen MR) is 72.3 cm³/mol. The van der Waals surface area contributed by atoms with Gasteiger partial charge in [-0.1, -0.05) is 13.8 Å². The molecule has 0 aliphatic heterocycles. The van der Waals surface area contributed by atoms with E-state index in [1.165, 1.54) is 0 Å². The summed E-state index contributed by atoms with van der Waals surface area (Å²) in [6, 6.07) is 0. The molecule has 0 aromatic rings. The van der Waals surface area contributed by atoms with Gasteiger partial charge in [0.05, 0.1) is 13.2 Å². The number of methoxy groups -OCH3 is 1. The fourth-order valence-electron chi connectivity index (χ4n) is 2.12. The summed E-state index contributed by atoms with van der Waals surface area (Å²) in [7, 11) is 3.85. The Hall–Kier alpha value is -0.160. The standard InChI is InChI=1S/C13H30N2O2/c1-5-13(6-2,12-14)15(3)8-7-9-17-11-10-16-4/h5-12,14H2,1-4H3. The molecule has 0 spiro atoms. The maximum absolute atomic E-state index is 5.91. The van der Waals surface area contributed by atoms with E-state index in [9.17, 15) is 0 Å². The lowest BCUT2D eigenvalue weighted by atomic mass is 9.91. The molecular formula is C13H30N2O2. The van der Waals surface area contributed by atoms with Crippen LogP contribution in [0.2, 0.25) is 0 Å². The molecule has 2 N–H and O–H groups in total. The molecule has 0 saturated carbocycles. The molecular weight excluding hydrogens is 216 g/mol. The first kappa shape index (κ1) is 16.8. The lowest BCUT2D eigenvalue weighted by molar-refractivity contribution is 0.0554. The molecule has 0 aromatic carbocycles. The highest BCUT2D eigenvalue weighted by Gasteiger charge is 2.28. The van der Waals surface area contributed by atoms with Gasteiger partial charge in [0.2, 0.25) is 0 Å². The van der Waals surface area contributed by atoms with Gasteiger partial charge in [-0.25, -0.2) is 0 Å². The van der Waals surface area contributed by atoms with Crippen LogP contribution in [-0.2, 0) is 9.47 Å². The van der Waals surface area contributed by atoms with E-state index in [0.29, 0.717) is 13.2 Å². The highest BCUT2D eigenvalue weighted by atomic mass is 16.5. The van der Waals surface area contributed by atoms with E-state index >= 15 is 0 Å². The number of hydrogen-bond donors (Lipinski definition) is 1. The number of rotatable bonds is 11. The Morgan fingerprint density at radius 3 is 2.24 bits per heavy atom. The van der Waals surface area contributed by atoms with E-state index in [4.69, 9.17) is 15.2 Å². The lowest BCUT2D eigenvalue weighted by Gasteiger charge is -2.40. The zero-order chi connectivity index (χ0) is 13.1. The third-order valence-electron chi connectivity index (χ3n) is 3.72. The van der Waals surface area contributed by atoms with Crippen LogP contribution in [0.25, 0.3) is 0 Å². The highest BCUT2D eigenvalue weighted by Crippen LogP contribution is 2.21. The first-order valence-electron chi connectivity index (χ1n) is 6.64. The maximum atomic E-state index is 5.91. The average molecular weight is 246 g/mol. The van der Waals surface area contributed by atoms with E-state index in [2.05, 4.69) is 25.8 Å². The molecule has 104 valence electrons. The number of ether oxygens (including phenoxy) is 2. The fourth-order valence-corrected chi connectivity index (χ4v) is 2.12. The Balaban J connectivity index is 3.79. The van der Waals surface area contributed by atoms with Gasteiger partial charge in [-0.05, 0) is 26.3 Å². The Labute approximate surface area is 106 Å². The molecule has 0 bridgehead atoms. The van der Waals surface area contributed by atoms with Crippen molar-refractivity contribution in [1.82, 2.24) is 4.90 Å². The predicted octanol–water partition coefficient (Wildman–Crippen LogP) is 1.49. The lowest BCUT2D eigenvalue weighted by Crippen LogP contribution is -2.51. The van der Waals surface area contributed by atoms with Crippen LogP contribution in [0.1, 0.15) is 33.1 Å². The van der Waals surface area contributed by atoms with Crippen LogP contribution < -0.4 is 5.73 Å². The SMILES string of the molecule is CCC(CC)(CN)N(C)CCCOCCOC. The minimum Gasteiger partial charge on any atom is -0.382 e. The number of hydrogen-bond acceptors (Lipinski definition) is 4. The van der Waals surface area contributed by atoms with E-state index in [0.717, 1.165) is 39.0 Å². The molecule has 0 radical (unpaired) electrons. The van der Waals surface area contributed by atoms with Gasteiger partial charge in [-0.2, -0.15) is 0 Å². The van der Waals surface area contributed by atoms with Gasteiger partial charge >= 0.3 is 0 Å². The second-order valence-corrected chi connectivity index (χ2v) is 4.52. The molecule has 0 aromatic heterocycles. The second-order valence-electron chi connectivity index (χ2n) is 4.52. The minimum absolute atomic E-state index is 0.159. The first-order chi connectivity index (χ1) is 8.16. The summed E-state index contributed by atoms with van der Waals surface area (Å²) in [4.78, 5) is 2.38. The molecule has 4 nitrogen and oxygen atoms in total. The van der Waals surface area contributed by atoms with Crippen molar-refractivity contribution in [3.63, 3.8) is 0 Å². The molecule has 0 heterocycles. The summed E-state index contributed by atoms with van der Waals surface area (Å²) in [6.45, 7) is 8.33. The molecule has 0 aliphatic carbocycles. The van der Waals surface area contributed by atoms with Gasteiger partial charge in [0.25, 0.3) is 0 Å². The Morgan fingerprint density at radius 2 is 1.76 bits per heavy atom. The van der Waals surface area contributed by atoms with Gasteiger partial charge in [-0.3, -0.25) is 4.90 Å². The van der Waals surface area contributed by atoms with Gasteiger partial charge in [-0.15, -0.1) is 0 Å². The Bertz CT molecular complexity index is 165. The average Bonchev–Trinajstić information content (AvgIpc) is 2.36. The molecule has 0 saturated heterocycles. The third-order valence-corrected chi connectivity index (χ3v) is 3.72. The zero-order valence-electron chi connectivity index (χ0n) is 12.0. The topological polar surface area (TPSA) is 47.7 Å². The molecule has 0 unspecified atom stereocenters. The minimum atomic E-state index is 0.159. The molecule has 0 rings (SSSR count). The van der Waals surface area contributed by atoms with Gasteiger partial charge < -0.3 is 15.2 Å². The van der Waals surface area contributed by atoms with E-state index in [1.54, 1.807) is 7.11 Å². The van der Waals surface area contributed by atoms with Crippen molar-refractivity contribution >= 4 is 0 Å². The first-order valence-corrected chi connectivity index (χ1v) is 6.64. The highest BCUT2D eigenvalue weighted by molar-refractivity contribution is 4.87. The normalized spacial score (nSPS) is 12.4. The number of nitrogens with two attached hydrogens (primary N) is 1. The van der Waals surface area contributed by atoms with Crippen molar-refractivity contribution in [2.75, 3.05) is 47.1 Å². The second kappa shape index (κ2) is 9.83. The van der Waals surface area contributed by atoms with E-state index < -0.39 is 0 Å². The smallest absolute Gasteiger partial charge is 0.0700 e. The van der Waals surface area contributed by atoms with Crippen molar-refractivity contribution in [3.05, 3.63) is 0 Å². The van der Waals surface area contributed by atoms with Gasteiger partial charge in [0, 0.05) is 32.3 Å². The summed E-state index contributed by atoms with van der Waals surface area (Å²) in [5.74, 6) is 0. The van der Waals surface area contributed by atoms with Crippen molar-refractivity contribution in [1.29, 1.82) is 0 Å². The zero-order valence-corrected chi connectivity index (χ0v) is 12.0. The molecule has 4 heteroatoms. The monoisotopic (exact) mass is 246 g/mol. The van der Waals surface area contributed by atoms with Crippen LogP contribution in [0.5, 0.6) is 0 Å². The summed E-state index contributed by atoms with van der Waals surface area (Å²) in [6.07, 6.45) is 3.24. The van der Waals surface area contributed by atoms with Crippen LogP contribution in [0.4, 0.5) is 0 Å². The molecule has 17 heavy (non-hydrogen) atoms. The van der Waals surface area contributed by atoms with Crippen LogP contribution in [-0.4, -0.2) is 57.5 Å². The summed E-state index contributed by atoms with van der Waals surface area (Å²) >= 11 is 0. The number of nitrogens with zero attached hydrogens (tertiary/aromatic N) is 1. The molecule has 0 aliphatic rings. The van der Waals surface area contributed by atoms with Crippen molar-refractivity contribution < 1.29 is 9.47 Å². The quantitative estimate of drug-likeness (QED) is 0.561. The molecule has 0 atom stereocenters. The van der Waals surface area contributed by atoms with Crippen molar-refractivity contribution in [3.8, 4) is 0 Å². The Morgan fingerprint density at radius 1 is 1.12 bits per heavy atom. The van der Waals surface area contributed by atoms with Crippen LogP contribution >= 0.6 is 0 Å². The number of likely N-dealkylation sites (N-methyl/N-ethyl adjacent to an activating group) is 1. The summed E-state index contributed by atoms with van der Waals surface area (Å²) in [5, 5.41) is 0. The van der Waals surface area contributed by atoms with E-state index in [-0.39, 0.29) is 5.54 Å².